The maximum atomic E-state index is 6.29. The van der Waals surface area contributed by atoms with Crippen molar-refractivity contribution in [1.29, 1.82) is 0 Å². The Morgan fingerprint density at radius 1 is 1.33 bits per heavy atom. The summed E-state index contributed by atoms with van der Waals surface area (Å²) in [6, 6.07) is 2.69. The summed E-state index contributed by atoms with van der Waals surface area (Å²) in [7, 11) is 1.72. The summed E-state index contributed by atoms with van der Waals surface area (Å²) in [4.78, 5) is 0. The molecule has 1 unspecified atom stereocenters. The minimum absolute atomic E-state index is 0.584. The zero-order valence-corrected chi connectivity index (χ0v) is 12.2. The van der Waals surface area contributed by atoms with Crippen molar-refractivity contribution in [3.05, 3.63) is 27.8 Å². The van der Waals surface area contributed by atoms with Gasteiger partial charge in [-0.15, -0.1) is 0 Å². The Morgan fingerprint density at radius 3 is 2.72 bits per heavy atom. The molecule has 2 rings (SSSR count). The molecule has 1 fully saturated rings. The van der Waals surface area contributed by atoms with Gasteiger partial charge in [-0.2, -0.15) is 0 Å². The molecule has 1 heterocycles. The summed E-state index contributed by atoms with van der Waals surface area (Å²) < 4.78 is 5.48. The molecule has 0 aliphatic carbocycles. The van der Waals surface area contributed by atoms with Crippen molar-refractivity contribution in [2.75, 3.05) is 13.7 Å². The quantitative estimate of drug-likeness (QED) is 0.903. The molecule has 0 aromatic heterocycles. The number of ether oxygens (including phenoxy) is 1. The van der Waals surface area contributed by atoms with Crippen LogP contribution in [-0.2, 0) is 6.42 Å². The molecule has 0 bridgehead atoms. The molecule has 3 heteroatoms. The zero-order chi connectivity index (χ0) is 13.1. The first-order chi connectivity index (χ1) is 8.63. The number of methoxy groups -OCH3 is 1. The van der Waals surface area contributed by atoms with E-state index in [4.69, 9.17) is 16.3 Å². The second kappa shape index (κ2) is 5.94. The monoisotopic (exact) mass is 267 g/mol. The average molecular weight is 268 g/mol. The summed E-state index contributed by atoms with van der Waals surface area (Å²) in [6.07, 6.45) is 4.93. The molecule has 1 aromatic carbocycles. The third kappa shape index (κ3) is 2.81. The molecule has 1 aliphatic rings. The van der Waals surface area contributed by atoms with Gasteiger partial charge in [0.2, 0.25) is 0 Å². The predicted molar refractivity (Wildman–Crippen MR) is 76.8 cm³/mol. The molecule has 18 heavy (non-hydrogen) atoms. The number of benzene rings is 1. The largest absolute Gasteiger partial charge is 0.496 e. The van der Waals surface area contributed by atoms with Gasteiger partial charge >= 0.3 is 0 Å². The normalized spacial score (nSPS) is 19.9. The molecule has 1 aliphatic heterocycles. The number of halogens is 1. The van der Waals surface area contributed by atoms with E-state index in [9.17, 15) is 0 Å². The lowest BCUT2D eigenvalue weighted by atomic mass is 9.94. The van der Waals surface area contributed by atoms with Crippen LogP contribution in [0.3, 0.4) is 0 Å². The van der Waals surface area contributed by atoms with E-state index in [2.05, 4.69) is 18.3 Å². The molecule has 0 spiro atoms. The predicted octanol–water partition coefficient (Wildman–Crippen LogP) is 3.65. The van der Waals surface area contributed by atoms with E-state index in [1.165, 1.54) is 30.4 Å². The van der Waals surface area contributed by atoms with E-state index in [1.54, 1.807) is 7.11 Å². The maximum Gasteiger partial charge on any atom is 0.126 e. The standard InChI is InChI=1S/C15H22ClNO/c1-10-12(8-13-6-4-5-7-17-13)9-14(16)11(2)15(10)18-3/h9,13,17H,4-8H2,1-3H3. The Balaban J connectivity index is 2.24. The third-order valence-electron chi connectivity index (χ3n) is 3.90. The summed E-state index contributed by atoms with van der Waals surface area (Å²) >= 11 is 6.29. The fourth-order valence-corrected chi connectivity index (χ4v) is 3.00. The van der Waals surface area contributed by atoms with Crippen molar-refractivity contribution in [3.63, 3.8) is 0 Å². The average Bonchev–Trinajstić information content (AvgIpc) is 2.38. The number of hydrogen-bond donors (Lipinski definition) is 1. The van der Waals surface area contributed by atoms with Gasteiger partial charge in [0.15, 0.2) is 0 Å². The molecule has 1 saturated heterocycles. The van der Waals surface area contributed by atoms with Crippen LogP contribution in [0.2, 0.25) is 5.02 Å². The van der Waals surface area contributed by atoms with E-state index < -0.39 is 0 Å². The van der Waals surface area contributed by atoms with Gasteiger partial charge in [-0.1, -0.05) is 18.0 Å². The minimum Gasteiger partial charge on any atom is -0.496 e. The van der Waals surface area contributed by atoms with Gasteiger partial charge in [0, 0.05) is 16.6 Å². The molecule has 0 radical (unpaired) electrons. The lowest BCUT2D eigenvalue weighted by Crippen LogP contribution is -2.35. The number of rotatable bonds is 3. The molecule has 1 atom stereocenters. The van der Waals surface area contributed by atoms with Crippen molar-refractivity contribution in [2.45, 2.75) is 45.6 Å². The maximum absolute atomic E-state index is 6.29. The highest BCUT2D eigenvalue weighted by atomic mass is 35.5. The van der Waals surface area contributed by atoms with Crippen LogP contribution < -0.4 is 10.1 Å². The van der Waals surface area contributed by atoms with E-state index in [0.717, 1.165) is 29.3 Å². The van der Waals surface area contributed by atoms with E-state index in [0.29, 0.717) is 6.04 Å². The highest BCUT2D eigenvalue weighted by Crippen LogP contribution is 2.33. The highest BCUT2D eigenvalue weighted by molar-refractivity contribution is 6.31. The van der Waals surface area contributed by atoms with Gasteiger partial charge in [-0.05, 0) is 56.8 Å². The van der Waals surface area contributed by atoms with Crippen LogP contribution in [0.15, 0.2) is 6.07 Å². The number of piperidine rings is 1. The third-order valence-corrected chi connectivity index (χ3v) is 4.30. The van der Waals surface area contributed by atoms with Crippen molar-refractivity contribution in [1.82, 2.24) is 5.32 Å². The van der Waals surface area contributed by atoms with Crippen LogP contribution in [0.1, 0.15) is 36.0 Å². The molecule has 1 aromatic rings. The molecular formula is C15H22ClNO. The first kappa shape index (κ1) is 13.7. The lowest BCUT2D eigenvalue weighted by molar-refractivity contribution is 0.393. The van der Waals surface area contributed by atoms with Crippen molar-refractivity contribution >= 4 is 11.6 Å². The van der Waals surface area contributed by atoms with Crippen LogP contribution in [0.25, 0.3) is 0 Å². The van der Waals surface area contributed by atoms with Gasteiger partial charge in [-0.25, -0.2) is 0 Å². The summed E-state index contributed by atoms with van der Waals surface area (Å²) in [5.74, 6) is 0.938. The Kier molecular flexibility index (Phi) is 4.52. The van der Waals surface area contributed by atoms with Crippen LogP contribution in [-0.4, -0.2) is 19.7 Å². The second-order valence-electron chi connectivity index (χ2n) is 5.15. The van der Waals surface area contributed by atoms with Gasteiger partial charge in [0.1, 0.15) is 5.75 Å². The first-order valence-corrected chi connectivity index (χ1v) is 7.07. The molecule has 100 valence electrons. The molecule has 2 nitrogen and oxygen atoms in total. The van der Waals surface area contributed by atoms with E-state index >= 15 is 0 Å². The fraction of sp³-hybridized carbons (Fsp3) is 0.600. The van der Waals surface area contributed by atoms with Crippen LogP contribution in [0.5, 0.6) is 5.75 Å². The Hall–Kier alpha value is -0.730. The van der Waals surface area contributed by atoms with E-state index in [1.807, 2.05) is 6.92 Å². The molecule has 0 saturated carbocycles. The van der Waals surface area contributed by atoms with Crippen molar-refractivity contribution in [3.8, 4) is 5.75 Å². The molecule has 0 amide bonds. The van der Waals surface area contributed by atoms with Crippen LogP contribution in [0, 0.1) is 13.8 Å². The summed E-state index contributed by atoms with van der Waals surface area (Å²) in [5.41, 5.74) is 3.57. The van der Waals surface area contributed by atoms with Gasteiger partial charge in [0.25, 0.3) is 0 Å². The topological polar surface area (TPSA) is 21.3 Å². The second-order valence-corrected chi connectivity index (χ2v) is 5.56. The van der Waals surface area contributed by atoms with E-state index in [-0.39, 0.29) is 0 Å². The molecular weight excluding hydrogens is 246 g/mol. The Bertz CT molecular complexity index is 425. The zero-order valence-electron chi connectivity index (χ0n) is 11.5. The fourth-order valence-electron chi connectivity index (χ4n) is 2.79. The summed E-state index contributed by atoms with van der Waals surface area (Å²) in [5, 5.41) is 4.39. The smallest absolute Gasteiger partial charge is 0.126 e. The van der Waals surface area contributed by atoms with Gasteiger partial charge in [-0.3, -0.25) is 0 Å². The molecule has 1 N–H and O–H groups in total. The SMILES string of the molecule is COc1c(C)c(Cl)cc(CC2CCCCN2)c1C. The van der Waals surface area contributed by atoms with Crippen molar-refractivity contribution < 1.29 is 4.74 Å². The van der Waals surface area contributed by atoms with Crippen molar-refractivity contribution in [2.24, 2.45) is 0 Å². The minimum atomic E-state index is 0.584. The van der Waals surface area contributed by atoms with Crippen LogP contribution in [0.4, 0.5) is 0 Å². The first-order valence-electron chi connectivity index (χ1n) is 6.69. The summed E-state index contributed by atoms with van der Waals surface area (Å²) in [6.45, 7) is 5.28. The lowest BCUT2D eigenvalue weighted by Gasteiger charge is -2.25. The number of nitrogens with one attached hydrogen (secondary N) is 1. The number of hydrogen-bond acceptors (Lipinski definition) is 2. The Morgan fingerprint density at radius 2 is 2.11 bits per heavy atom. The van der Waals surface area contributed by atoms with Gasteiger partial charge < -0.3 is 10.1 Å². The Labute approximate surface area is 115 Å². The highest BCUT2D eigenvalue weighted by Gasteiger charge is 2.17. The van der Waals surface area contributed by atoms with Gasteiger partial charge in [0.05, 0.1) is 7.11 Å². The van der Waals surface area contributed by atoms with Crippen LogP contribution >= 0.6 is 11.6 Å².